The molecule has 9 heteroatoms. The Bertz CT molecular complexity index is 778. The maximum Gasteiger partial charge on any atom is 0.226 e. The number of aryl methyl sites for hydroxylation is 1. The van der Waals surface area contributed by atoms with Crippen molar-refractivity contribution in [1.29, 1.82) is 0 Å². The van der Waals surface area contributed by atoms with E-state index >= 15 is 0 Å². The lowest BCUT2D eigenvalue weighted by atomic mass is 10.1. The molecule has 0 bridgehead atoms. The first kappa shape index (κ1) is 16.6. The van der Waals surface area contributed by atoms with E-state index in [-0.39, 0.29) is 5.54 Å². The van der Waals surface area contributed by atoms with Crippen LogP contribution < -0.4 is 0 Å². The standard InChI is InChI=1S/C15H19N7OS/c1-15(2,3)22-14(18-20-21-22)24-10-4-5-12-17-13(19-23-12)11-6-8-16-9-7-11/h6-9H,4-5,10H2,1-3H3. The third-order valence-corrected chi connectivity index (χ3v) is 4.25. The molecule has 0 fully saturated rings. The van der Waals surface area contributed by atoms with Gasteiger partial charge in [0.05, 0.1) is 5.54 Å². The Morgan fingerprint density at radius 1 is 1.21 bits per heavy atom. The van der Waals surface area contributed by atoms with Crippen molar-refractivity contribution in [3.05, 3.63) is 30.4 Å². The summed E-state index contributed by atoms with van der Waals surface area (Å²) in [6.45, 7) is 6.23. The van der Waals surface area contributed by atoms with E-state index < -0.39 is 0 Å². The summed E-state index contributed by atoms with van der Waals surface area (Å²) in [5.41, 5.74) is 0.774. The topological polar surface area (TPSA) is 95.4 Å². The third kappa shape index (κ3) is 3.97. The third-order valence-electron chi connectivity index (χ3n) is 3.25. The van der Waals surface area contributed by atoms with E-state index in [0.29, 0.717) is 11.7 Å². The average molecular weight is 345 g/mol. The summed E-state index contributed by atoms with van der Waals surface area (Å²) in [6.07, 6.45) is 5.05. The number of thioether (sulfide) groups is 1. The molecule has 3 heterocycles. The Morgan fingerprint density at radius 3 is 2.75 bits per heavy atom. The zero-order valence-electron chi connectivity index (χ0n) is 13.9. The predicted molar refractivity (Wildman–Crippen MR) is 89.4 cm³/mol. The van der Waals surface area contributed by atoms with Gasteiger partial charge < -0.3 is 4.52 Å². The van der Waals surface area contributed by atoms with Crippen molar-refractivity contribution >= 4 is 11.8 Å². The molecule has 0 aromatic carbocycles. The summed E-state index contributed by atoms with van der Waals surface area (Å²) in [5.74, 6) is 2.11. The van der Waals surface area contributed by atoms with Gasteiger partial charge in [-0.3, -0.25) is 4.98 Å². The highest BCUT2D eigenvalue weighted by Gasteiger charge is 2.19. The molecule has 0 unspecified atom stereocenters. The second kappa shape index (κ2) is 7.08. The molecule has 0 saturated heterocycles. The highest BCUT2D eigenvalue weighted by atomic mass is 32.2. The fraction of sp³-hybridized carbons (Fsp3) is 0.467. The summed E-state index contributed by atoms with van der Waals surface area (Å²) in [7, 11) is 0. The zero-order valence-corrected chi connectivity index (χ0v) is 14.7. The largest absolute Gasteiger partial charge is 0.339 e. The number of hydrogen-bond acceptors (Lipinski definition) is 8. The van der Waals surface area contributed by atoms with Gasteiger partial charge in [-0.2, -0.15) is 4.98 Å². The monoisotopic (exact) mass is 345 g/mol. The molecule has 0 aliphatic rings. The lowest BCUT2D eigenvalue weighted by molar-refractivity contribution is 0.321. The van der Waals surface area contributed by atoms with Gasteiger partial charge in [0.25, 0.3) is 0 Å². The van der Waals surface area contributed by atoms with E-state index in [4.69, 9.17) is 4.52 Å². The van der Waals surface area contributed by atoms with Crippen LogP contribution >= 0.6 is 11.8 Å². The molecule has 0 N–H and O–H groups in total. The van der Waals surface area contributed by atoms with Crippen molar-refractivity contribution in [2.75, 3.05) is 5.75 Å². The molecule has 8 nitrogen and oxygen atoms in total. The molecule has 3 aromatic rings. The van der Waals surface area contributed by atoms with Crippen molar-refractivity contribution in [2.45, 2.75) is 44.3 Å². The molecule has 0 spiro atoms. The van der Waals surface area contributed by atoms with Crippen molar-refractivity contribution in [3.63, 3.8) is 0 Å². The quantitative estimate of drug-likeness (QED) is 0.497. The minimum Gasteiger partial charge on any atom is -0.339 e. The van der Waals surface area contributed by atoms with E-state index in [1.54, 1.807) is 24.2 Å². The average Bonchev–Trinajstić information content (AvgIpc) is 3.21. The molecule has 0 aliphatic carbocycles. The van der Waals surface area contributed by atoms with Crippen LogP contribution in [0.25, 0.3) is 11.4 Å². The van der Waals surface area contributed by atoms with Gasteiger partial charge in [-0.25, -0.2) is 4.68 Å². The molecular weight excluding hydrogens is 326 g/mol. The second-order valence-electron chi connectivity index (χ2n) is 6.24. The maximum absolute atomic E-state index is 5.30. The fourth-order valence-corrected chi connectivity index (χ4v) is 3.05. The molecule has 126 valence electrons. The molecule has 3 aromatic heterocycles. The number of aromatic nitrogens is 7. The van der Waals surface area contributed by atoms with Gasteiger partial charge in [-0.05, 0) is 49.8 Å². The van der Waals surface area contributed by atoms with Crippen LogP contribution in [0.2, 0.25) is 0 Å². The summed E-state index contributed by atoms with van der Waals surface area (Å²) in [4.78, 5) is 8.39. The molecular formula is C15H19N7OS. The molecule has 0 atom stereocenters. The molecule has 0 radical (unpaired) electrons. The number of pyridine rings is 1. The van der Waals surface area contributed by atoms with Crippen LogP contribution in [0.3, 0.4) is 0 Å². The number of tetrazole rings is 1. The normalized spacial score (nSPS) is 11.8. The minimum absolute atomic E-state index is 0.127. The van der Waals surface area contributed by atoms with Gasteiger partial charge in [0.1, 0.15) is 0 Å². The maximum atomic E-state index is 5.30. The highest BCUT2D eigenvalue weighted by molar-refractivity contribution is 7.99. The first-order chi connectivity index (χ1) is 11.5. The SMILES string of the molecule is CC(C)(C)n1nnnc1SCCCc1nc(-c2ccncc2)no1. The summed E-state index contributed by atoms with van der Waals surface area (Å²) in [6, 6.07) is 3.72. The summed E-state index contributed by atoms with van der Waals surface area (Å²) >= 11 is 1.63. The Hall–Kier alpha value is -2.29. The van der Waals surface area contributed by atoms with Crippen LogP contribution in [0.5, 0.6) is 0 Å². The number of nitrogens with zero attached hydrogens (tertiary/aromatic N) is 7. The first-order valence-electron chi connectivity index (χ1n) is 7.69. The van der Waals surface area contributed by atoms with Gasteiger partial charge in [0, 0.05) is 30.1 Å². The lowest BCUT2D eigenvalue weighted by Gasteiger charge is -2.19. The van der Waals surface area contributed by atoms with E-state index in [9.17, 15) is 0 Å². The van der Waals surface area contributed by atoms with Crippen LogP contribution in [0.4, 0.5) is 0 Å². The predicted octanol–water partition coefficient (Wildman–Crippen LogP) is 2.60. The minimum atomic E-state index is -0.127. The van der Waals surface area contributed by atoms with Crippen molar-refractivity contribution in [1.82, 2.24) is 35.3 Å². The van der Waals surface area contributed by atoms with Gasteiger partial charge in [-0.1, -0.05) is 16.9 Å². The van der Waals surface area contributed by atoms with Crippen molar-refractivity contribution < 1.29 is 4.52 Å². The fourth-order valence-electron chi connectivity index (χ4n) is 2.05. The van der Waals surface area contributed by atoms with Crippen LogP contribution in [-0.2, 0) is 12.0 Å². The van der Waals surface area contributed by atoms with Gasteiger partial charge in [-0.15, -0.1) is 5.10 Å². The molecule has 24 heavy (non-hydrogen) atoms. The Labute approximate surface area is 144 Å². The van der Waals surface area contributed by atoms with E-state index in [0.717, 1.165) is 29.3 Å². The van der Waals surface area contributed by atoms with Gasteiger partial charge in [0.15, 0.2) is 0 Å². The zero-order chi connectivity index (χ0) is 17.0. The first-order valence-corrected chi connectivity index (χ1v) is 8.67. The lowest BCUT2D eigenvalue weighted by Crippen LogP contribution is -2.24. The van der Waals surface area contributed by atoms with Crippen LogP contribution in [0.15, 0.2) is 34.2 Å². The van der Waals surface area contributed by atoms with Crippen molar-refractivity contribution in [2.24, 2.45) is 0 Å². The van der Waals surface area contributed by atoms with Gasteiger partial charge >= 0.3 is 0 Å². The Balaban J connectivity index is 1.51. The highest BCUT2D eigenvalue weighted by Crippen LogP contribution is 2.22. The van der Waals surface area contributed by atoms with E-state index in [1.165, 1.54) is 0 Å². The van der Waals surface area contributed by atoms with Gasteiger partial charge in [0.2, 0.25) is 16.9 Å². The molecule has 0 saturated carbocycles. The molecule has 0 amide bonds. The Morgan fingerprint density at radius 2 is 2.00 bits per heavy atom. The smallest absolute Gasteiger partial charge is 0.226 e. The summed E-state index contributed by atoms with van der Waals surface area (Å²) < 4.78 is 7.14. The molecule has 0 aliphatic heterocycles. The number of hydrogen-bond donors (Lipinski definition) is 0. The van der Waals surface area contributed by atoms with Crippen LogP contribution in [0, 0.1) is 0 Å². The van der Waals surface area contributed by atoms with Crippen molar-refractivity contribution in [3.8, 4) is 11.4 Å². The Kier molecular flexibility index (Phi) is 4.89. The second-order valence-corrected chi connectivity index (χ2v) is 7.31. The van der Waals surface area contributed by atoms with Crippen LogP contribution in [-0.4, -0.2) is 41.1 Å². The molecule has 3 rings (SSSR count). The number of rotatable bonds is 6. The van der Waals surface area contributed by atoms with E-state index in [1.807, 2.05) is 16.8 Å². The van der Waals surface area contributed by atoms with Crippen LogP contribution in [0.1, 0.15) is 33.1 Å². The van der Waals surface area contributed by atoms with E-state index in [2.05, 4.69) is 51.4 Å². The summed E-state index contributed by atoms with van der Waals surface area (Å²) in [5, 5.41) is 16.7.